The number of nitrogens with zero attached hydrogens (tertiary/aromatic N) is 3. The van der Waals surface area contributed by atoms with Crippen LogP contribution in [0.1, 0.15) is 49.8 Å². The van der Waals surface area contributed by atoms with Crippen molar-refractivity contribution in [2.24, 2.45) is 0 Å². The second-order valence-electron chi connectivity index (χ2n) is 7.48. The standard InChI is InChI=1S/C21H15F3N4O4S/c22-21(23,24)15-8-11(13-5-3-7-32-13)25-16-9-12(27-28(15)16)18(29)26-19-17(20(30)31)10-4-1-2-6-14(10)33-19/h3,5,7-9H,1-2,4,6H2,(H,26,29)(H,30,31). The van der Waals surface area contributed by atoms with Gasteiger partial charge in [-0.25, -0.2) is 14.3 Å². The molecule has 0 aliphatic heterocycles. The maximum Gasteiger partial charge on any atom is 0.433 e. The predicted octanol–water partition coefficient (Wildman–Crippen LogP) is 4.90. The number of halogens is 3. The zero-order chi connectivity index (χ0) is 23.3. The Labute approximate surface area is 187 Å². The summed E-state index contributed by atoms with van der Waals surface area (Å²) in [5.74, 6) is -1.86. The summed E-state index contributed by atoms with van der Waals surface area (Å²) in [4.78, 5) is 29.7. The molecule has 1 amide bonds. The average Bonchev–Trinajstić information content (AvgIpc) is 3.49. The number of anilines is 1. The van der Waals surface area contributed by atoms with Gasteiger partial charge in [-0.1, -0.05) is 0 Å². The summed E-state index contributed by atoms with van der Waals surface area (Å²) < 4.78 is 46.8. The van der Waals surface area contributed by atoms with Crippen molar-refractivity contribution in [1.82, 2.24) is 14.6 Å². The van der Waals surface area contributed by atoms with Crippen LogP contribution in [0.15, 0.2) is 34.9 Å². The van der Waals surface area contributed by atoms with E-state index in [2.05, 4.69) is 15.4 Å². The number of amides is 1. The zero-order valence-corrected chi connectivity index (χ0v) is 17.6. The van der Waals surface area contributed by atoms with E-state index in [1.807, 2.05) is 0 Å². The number of aryl methyl sites for hydroxylation is 1. The Morgan fingerprint density at radius 2 is 2.00 bits per heavy atom. The number of nitrogens with one attached hydrogen (secondary N) is 1. The van der Waals surface area contributed by atoms with Crippen molar-refractivity contribution in [3.8, 4) is 11.5 Å². The van der Waals surface area contributed by atoms with Crippen LogP contribution in [0.3, 0.4) is 0 Å². The van der Waals surface area contributed by atoms with Gasteiger partial charge >= 0.3 is 12.1 Å². The second kappa shape index (κ2) is 7.73. The van der Waals surface area contributed by atoms with Crippen molar-refractivity contribution in [1.29, 1.82) is 0 Å². The quantitative estimate of drug-likeness (QED) is 0.434. The Morgan fingerprint density at radius 3 is 2.70 bits per heavy atom. The van der Waals surface area contributed by atoms with E-state index in [-0.39, 0.29) is 33.4 Å². The summed E-state index contributed by atoms with van der Waals surface area (Å²) >= 11 is 1.17. The Kier molecular flexibility index (Phi) is 4.96. The lowest BCUT2D eigenvalue weighted by atomic mass is 9.95. The summed E-state index contributed by atoms with van der Waals surface area (Å²) in [6.07, 6.45) is -0.356. The third-order valence-electron chi connectivity index (χ3n) is 5.34. The summed E-state index contributed by atoms with van der Waals surface area (Å²) in [6, 6.07) is 4.89. The lowest BCUT2D eigenvalue weighted by Crippen LogP contribution is -2.16. The van der Waals surface area contributed by atoms with E-state index < -0.39 is 23.7 Å². The van der Waals surface area contributed by atoms with Gasteiger partial charge in [-0.15, -0.1) is 11.3 Å². The van der Waals surface area contributed by atoms with E-state index in [1.165, 1.54) is 29.7 Å². The number of furan rings is 1. The van der Waals surface area contributed by atoms with Crippen molar-refractivity contribution < 1.29 is 32.3 Å². The van der Waals surface area contributed by atoms with Gasteiger partial charge in [-0.3, -0.25) is 4.79 Å². The van der Waals surface area contributed by atoms with Crippen LogP contribution in [0.25, 0.3) is 17.1 Å². The van der Waals surface area contributed by atoms with Gasteiger partial charge in [0.1, 0.15) is 10.7 Å². The minimum atomic E-state index is -4.77. The molecule has 33 heavy (non-hydrogen) atoms. The van der Waals surface area contributed by atoms with E-state index in [1.54, 1.807) is 0 Å². The lowest BCUT2D eigenvalue weighted by Gasteiger charge is -2.10. The Morgan fingerprint density at radius 1 is 1.21 bits per heavy atom. The number of carboxylic acid groups (broad SMARTS) is 1. The molecule has 0 spiro atoms. The first-order valence-electron chi connectivity index (χ1n) is 9.93. The minimum Gasteiger partial charge on any atom is -0.478 e. The molecule has 0 saturated heterocycles. The number of carbonyl (C=O) groups is 2. The molecule has 8 nitrogen and oxygen atoms in total. The molecular formula is C21H15F3N4O4S. The number of rotatable bonds is 4. The third kappa shape index (κ3) is 3.75. The van der Waals surface area contributed by atoms with Gasteiger partial charge in [0.15, 0.2) is 22.8 Å². The SMILES string of the molecule is O=C(Nc1sc2c(c1C(=O)O)CCCC2)c1cc2nc(-c3ccco3)cc(C(F)(F)F)n2n1. The molecule has 0 bridgehead atoms. The van der Waals surface area contributed by atoms with Crippen LogP contribution in [0.5, 0.6) is 0 Å². The molecule has 1 aliphatic carbocycles. The normalized spacial score (nSPS) is 13.8. The average molecular weight is 476 g/mol. The van der Waals surface area contributed by atoms with Gasteiger partial charge in [0.2, 0.25) is 0 Å². The number of carbonyl (C=O) groups excluding carboxylic acids is 1. The van der Waals surface area contributed by atoms with Crippen LogP contribution in [0.2, 0.25) is 0 Å². The summed E-state index contributed by atoms with van der Waals surface area (Å²) in [6.45, 7) is 0. The fourth-order valence-corrected chi connectivity index (χ4v) is 5.16. The van der Waals surface area contributed by atoms with E-state index >= 15 is 0 Å². The molecule has 12 heteroatoms. The summed E-state index contributed by atoms with van der Waals surface area (Å²) in [5.41, 5.74) is -0.992. The Balaban J connectivity index is 1.55. The number of carboxylic acids is 1. The third-order valence-corrected chi connectivity index (χ3v) is 6.54. The first-order valence-corrected chi connectivity index (χ1v) is 10.7. The molecule has 5 rings (SSSR count). The highest BCUT2D eigenvalue weighted by atomic mass is 32.1. The highest BCUT2D eigenvalue weighted by Crippen LogP contribution is 2.38. The first kappa shape index (κ1) is 21.2. The highest BCUT2D eigenvalue weighted by molar-refractivity contribution is 7.17. The van der Waals surface area contributed by atoms with Crippen LogP contribution in [0, 0.1) is 0 Å². The molecule has 0 saturated carbocycles. The maximum atomic E-state index is 13.7. The van der Waals surface area contributed by atoms with Gasteiger partial charge in [0.25, 0.3) is 5.91 Å². The predicted molar refractivity (Wildman–Crippen MR) is 112 cm³/mol. The molecule has 4 aromatic rings. The topological polar surface area (TPSA) is 110 Å². The van der Waals surface area contributed by atoms with Crippen molar-refractivity contribution >= 4 is 33.9 Å². The van der Waals surface area contributed by atoms with Gasteiger partial charge in [0.05, 0.1) is 11.8 Å². The molecule has 0 radical (unpaired) electrons. The summed E-state index contributed by atoms with van der Waals surface area (Å²) in [7, 11) is 0. The molecule has 4 heterocycles. The molecule has 170 valence electrons. The van der Waals surface area contributed by atoms with Crippen molar-refractivity contribution in [3.63, 3.8) is 0 Å². The first-order chi connectivity index (χ1) is 15.7. The highest BCUT2D eigenvalue weighted by Gasteiger charge is 2.36. The van der Waals surface area contributed by atoms with E-state index in [0.29, 0.717) is 16.5 Å². The van der Waals surface area contributed by atoms with Crippen LogP contribution in [0.4, 0.5) is 18.2 Å². The van der Waals surface area contributed by atoms with Gasteiger partial charge in [0, 0.05) is 10.9 Å². The fraction of sp³-hybridized carbons (Fsp3) is 0.238. The number of alkyl halides is 3. The number of aromatic carboxylic acids is 1. The van der Waals surface area contributed by atoms with Gasteiger partial charge in [-0.2, -0.15) is 18.3 Å². The molecule has 0 unspecified atom stereocenters. The minimum absolute atomic E-state index is 0.0287. The number of hydrogen-bond acceptors (Lipinski definition) is 6. The fourth-order valence-electron chi connectivity index (χ4n) is 3.89. The van der Waals surface area contributed by atoms with E-state index in [4.69, 9.17) is 4.42 Å². The molecule has 0 atom stereocenters. The van der Waals surface area contributed by atoms with Gasteiger partial charge in [-0.05, 0) is 49.4 Å². The number of aromatic nitrogens is 3. The molecule has 2 N–H and O–H groups in total. The monoisotopic (exact) mass is 476 g/mol. The molecule has 0 fully saturated rings. The van der Waals surface area contributed by atoms with Crippen molar-refractivity contribution in [2.45, 2.75) is 31.9 Å². The molecule has 4 aromatic heterocycles. The largest absolute Gasteiger partial charge is 0.478 e. The molecule has 0 aromatic carbocycles. The van der Waals surface area contributed by atoms with Crippen LogP contribution < -0.4 is 5.32 Å². The maximum absolute atomic E-state index is 13.7. The summed E-state index contributed by atoms with van der Waals surface area (Å²) in [5, 5.41) is 16.1. The number of thiophene rings is 1. The zero-order valence-electron chi connectivity index (χ0n) is 16.8. The second-order valence-corrected chi connectivity index (χ2v) is 8.58. The van der Waals surface area contributed by atoms with Crippen molar-refractivity contribution in [2.75, 3.05) is 5.32 Å². The Bertz CT molecular complexity index is 1390. The lowest BCUT2D eigenvalue weighted by molar-refractivity contribution is -0.142. The van der Waals surface area contributed by atoms with Crippen LogP contribution in [-0.4, -0.2) is 31.6 Å². The van der Waals surface area contributed by atoms with Crippen LogP contribution in [-0.2, 0) is 19.0 Å². The van der Waals surface area contributed by atoms with Crippen LogP contribution >= 0.6 is 11.3 Å². The van der Waals surface area contributed by atoms with Gasteiger partial charge < -0.3 is 14.8 Å². The van der Waals surface area contributed by atoms with E-state index in [9.17, 15) is 27.9 Å². The number of hydrogen-bond donors (Lipinski definition) is 2. The molecule has 1 aliphatic rings. The Hall–Kier alpha value is -3.67. The van der Waals surface area contributed by atoms with Crippen molar-refractivity contribution in [3.05, 3.63) is 57.9 Å². The van der Waals surface area contributed by atoms with E-state index in [0.717, 1.165) is 36.3 Å². The number of fused-ring (bicyclic) bond motifs is 2. The molecular weight excluding hydrogens is 461 g/mol. The smallest absolute Gasteiger partial charge is 0.433 e.